The highest BCUT2D eigenvalue weighted by molar-refractivity contribution is 7.88. The highest BCUT2D eigenvalue weighted by Crippen LogP contribution is 2.48. The lowest BCUT2D eigenvalue weighted by Crippen LogP contribution is -2.28. The molecule has 0 radical (unpaired) electrons. The van der Waals surface area contributed by atoms with Gasteiger partial charge in [0.1, 0.15) is 17.2 Å². The number of ether oxygens (including phenoxy) is 2. The zero-order valence-electron chi connectivity index (χ0n) is 17.9. The Hall–Kier alpha value is -2.82. The van der Waals surface area contributed by atoms with E-state index in [1.807, 2.05) is 13.0 Å². The summed E-state index contributed by atoms with van der Waals surface area (Å²) >= 11 is 0. The molecule has 2 atom stereocenters. The third-order valence-electron chi connectivity index (χ3n) is 4.79. The zero-order chi connectivity index (χ0) is 24.4. The number of hydrogen-bond donors (Lipinski definition) is 0. The highest BCUT2D eigenvalue weighted by Gasteiger charge is 2.49. The fraction of sp³-hybridized carbons (Fsp3) is 0.429. The first kappa shape index (κ1) is 25.4. The number of rotatable bonds is 6. The molecular formula is C21H23F3O7S. The minimum Gasteiger partial charge on any atom is -0.426 e. The van der Waals surface area contributed by atoms with Crippen molar-refractivity contribution >= 4 is 22.1 Å². The molecule has 176 valence electrons. The van der Waals surface area contributed by atoms with Gasteiger partial charge in [-0.15, -0.1) is 0 Å². The topological polar surface area (TPSA) is 96.0 Å². The van der Waals surface area contributed by atoms with Crippen LogP contribution in [0.2, 0.25) is 0 Å². The molecule has 0 heterocycles. The molecule has 1 aliphatic carbocycles. The molecular weight excluding hydrogens is 453 g/mol. The molecule has 7 nitrogen and oxygen atoms in total. The van der Waals surface area contributed by atoms with Crippen LogP contribution >= 0.6 is 0 Å². The summed E-state index contributed by atoms with van der Waals surface area (Å²) in [6, 6.07) is 1.70. The summed E-state index contributed by atoms with van der Waals surface area (Å²) in [6.07, 6.45) is 3.32. The molecule has 0 spiro atoms. The van der Waals surface area contributed by atoms with Crippen LogP contribution in [0.25, 0.3) is 0 Å². The Kier molecular flexibility index (Phi) is 7.44. The molecule has 1 aromatic rings. The summed E-state index contributed by atoms with van der Waals surface area (Å²) < 4.78 is 75.9. The maximum atomic E-state index is 12.8. The molecule has 1 aliphatic rings. The van der Waals surface area contributed by atoms with Crippen molar-refractivity contribution < 1.29 is 44.8 Å². The summed E-state index contributed by atoms with van der Waals surface area (Å²) in [6.45, 7) is 9.79. The van der Waals surface area contributed by atoms with Gasteiger partial charge in [0.05, 0.1) is 0 Å². The van der Waals surface area contributed by atoms with Crippen molar-refractivity contribution in [2.24, 2.45) is 5.92 Å². The van der Waals surface area contributed by atoms with Gasteiger partial charge in [0.25, 0.3) is 0 Å². The van der Waals surface area contributed by atoms with Gasteiger partial charge in [-0.05, 0) is 32.6 Å². The molecule has 2 rings (SSSR count). The quantitative estimate of drug-likeness (QED) is 0.192. The minimum absolute atomic E-state index is 0.159. The largest absolute Gasteiger partial charge is 0.534 e. The number of halogens is 3. The van der Waals surface area contributed by atoms with E-state index >= 15 is 0 Å². The molecule has 0 unspecified atom stereocenters. The van der Waals surface area contributed by atoms with Crippen molar-refractivity contribution in [1.82, 2.24) is 0 Å². The molecule has 0 saturated heterocycles. The van der Waals surface area contributed by atoms with Crippen molar-refractivity contribution in [3.05, 3.63) is 41.5 Å². The van der Waals surface area contributed by atoms with Crippen LogP contribution < -0.4 is 13.7 Å². The SMILES string of the molecule is C=C(C)[C@@H]1CCC(C)=C[C@H]1c1c(OC(C)=O)cc(OS(=O)(=O)C(F)(F)F)cc1OC(C)=O. The summed E-state index contributed by atoms with van der Waals surface area (Å²) in [5.41, 5.74) is -3.71. The van der Waals surface area contributed by atoms with E-state index in [1.54, 1.807) is 6.92 Å². The monoisotopic (exact) mass is 476 g/mol. The third-order valence-corrected chi connectivity index (χ3v) is 5.77. The van der Waals surface area contributed by atoms with Crippen LogP contribution in [0.15, 0.2) is 35.9 Å². The van der Waals surface area contributed by atoms with Crippen LogP contribution in [-0.4, -0.2) is 25.9 Å². The van der Waals surface area contributed by atoms with E-state index in [0.29, 0.717) is 6.42 Å². The van der Waals surface area contributed by atoms with Gasteiger partial charge in [-0.2, -0.15) is 21.6 Å². The number of benzene rings is 1. The lowest BCUT2D eigenvalue weighted by Gasteiger charge is -2.32. The predicted octanol–water partition coefficient (Wildman–Crippen LogP) is 4.78. The van der Waals surface area contributed by atoms with Crippen LogP contribution in [-0.2, 0) is 19.7 Å². The number of allylic oxidation sites excluding steroid dienone is 3. The van der Waals surface area contributed by atoms with Gasteiger partial charge in [0.2, 0.25) is 0 Å². The first-order chi connectivity index (χ1) is 14.6. The number of carbonyl (C=O) groups is 2. The van der Waals surface area contributed by atoms with Crippen molar-refractivity contribution in [2.75, 3.05) is 0 Å². The fourth-order valence-corrected chi connectivity index (χ4v) is 3.96. The first-order valence-corrected chi connectivity index (χ1v) is 10.9. The van der Waals surface area contributed by atoms with E-state index in [1.165, 1.54) is 0 Å². The van der Waals surface area contributed by atoms with Gasteiger partial charge in [0, 0.05) is 37.5 Å². The maximum Gasteiger partial charge on any atom is 0.534 e. The van der Waals surface area contributed by atoms with Gasteiger partial charge in [0.15, 0.2) is 0 Å². The van der Waals surface area contributed by atoms with E-state index in [2.05, 4.69) is 10.8 Å². The second-order valence-corrected chi connectivity index (χ2v) is 9.07. The van der Waals surface area contributed by atoms with E-state index in [0.717, 1.165) is 43.5 Å². The maximum absolute atomic E-state index is 12.8. The Morgan fingerprint density at radius 1 is 1.06 bits per heavy atom. The van der Waals surface area contributed by atoms with E-state index in [-0.39, 0.29) is 23.0 Å². The molecule has 0 saturated carbocycles. The molecule has 0 fully saturated rings. The molecule has 0 N–H and O–H groups in total. The van der Waals surface area contributed by atoms with Crippen molar-refractivity contribution in [3.63, 3.8) is 0 Å². The number of hydrogen-bond acceptors (Lipinski definition) is 7. The Balaban J connectivity index is 2.78. The highest BCUT2D eigenvalue weighted by atomic mass is 32.2. The van der Waals surface area contributed by atoms with Gasteiger partial charge < -0.3 is 13.7 Å². The third kappa shape index (κ3) is 5.90. The lowest BCUT2D eigenvalue weighted by atomic mass is 9.74. The molecule has 1 aromatic carbocycles. The van der Waals surface area contributed by atoms with E-state index in [4.69, 9.17) is 9.47 Å². The normalized spacial score (nSPS) is 19.0. The molecule has 0 amide bonds. The number of esters is 2. The Labute approximate surface area is 184 Å². The Bertz CT molecular complexity index is 1030. The summed E-state index contributed by atoms with van der Waals surface area (Å²) in [4.78, 5) is 23.4. The molecule has 0 aliphatic heterocycles. The van der Waals surface area contributed by atoms with Gasteiger partial charge in [-0.3, -0.25) is 9.59 Å². The van der Waals surface area contributed by atoms with Crippen molar-refractivity contribution in [3.8, 4) is 17.2 Å². The predicted molar refractivity (Wildman–Crippen MR) is 109 cm³/mol. The van der Waals surface area contributed by atoms with Gasteiger partial charge >= 0.3 is 27.6 Å². The molecule has 11 heteroatoms. The van der Waals surface area contributed by atoms with Crippen molar-refractivity contribution in [1.29, 1.82) is 0 Å². The van der Waals surface area contributed by atoms with Gasteiger partial charge in [-0.25, -0.2) is 0 Å². The van der Waals surface area contributed by atoms with Crippen LogP contribution in [0.3, 0.4) is 0 Å². The van der Waals surface area contributed by atoms with Crippen LogP contribution in [0.5, 0.6) is 17.2 Å². The fourth-order valence-electron chi connectivity index (χ4n) is 3.51. The lowest BCUT2D eigenvalue weighted by molar-refractivity contribution is -0.132. The average Bonchev–Trinajstić information content (AvgIpc) is 2.58. The van der Waals surface area contributed by atoms with Crippen LogP contribution in [0, 0.1) is 5.92 Å². The van der Waals surface area contributed by atoms with E-state index < -0.39 is 39.2 Å². The smallest absolute Gasteiger partial charge is 0.426 e. The number of carbonyl (C=O) groups excluding carboxylic acids is 2. The van der Waals surface area contributed by atoms with Crippen LogP contribution in [0.1, 0.15) is 52.0 Å². The molecule has 0 bridgehead atoms. The first-order valence-electron chi connectivity index (χ1n) is 9.50. The van der Waals surface area contributed by atoms with E-state index in [9.17, 15) is 31.2 Å². The zero-order valence-corrected chi connectivity index (χ0v) is 18.7. The minimum atomic E-state index is -6.02. The Morgan fingerprint density at radius 3 is 1.97 bits per heavy atom. The van der Waals surface area contributed by atoms with Gasteiger partial charge in [-0.1, -0.05) is 23.8 Å². The molecule has 0 aromatic heterocycles. The average molecular weight is 476 g/mol. The summed E-state index contributed by atoms with van der Waals surface area (Å²) in [5.74, 6) is -3.71. The summed E-state index contributed by atoms with van der Waals surface area (Å²) in [7, 11) is -6.02. The Morgan fingerprint density at radius 2 is 1.56 bits per heavy atom. The standard InChI is InChI=1S/C21H23F3O7S/c1-11(2)16-7-6-12(3)8-17(16)20-18(29-13(4)25)9-15(10-19(20)30-14(5)26)31-32(27,28)21(22,23)24/h8-10,16-17H,1,6-7H2,2-5H3/t16-,17+/m0/s1. The van der Waals surface area contributed by atoms with Crippen molar-refractivity contribution in [2.45, 2.75) is 52.0 Å². The summed E-state index contributed by atoms with van der Waals surface area (Å²) in [5, 5.41) is 0. The number of alkyl halides is 3. The second kappa shape index (κ2) is 9.35. The van der Waals surface area contributed by atoms with Crippen LogP contribution in [0.4, 0.5) is 13.2 Å². The molecule has 32 heavy (non-hydrogen) atoms. The second-order valence-electron chi connectivity index (χ2n) is 7.53.